The van der Waals surface area contributed by atoms with Gasteiger partial charge < -0.3 is 0 Å². The molecule has 0 unspecified atom stereocenters. The number of benzene rings is 3. The Morgan fingerprint density at radius 1 is 0.682 bits per heavy atom. The van der Waals surface area contributed by atoms with E-state index in [0.29, 0.717) is 5.41 Å². The lowest BCUT2D eigenvalue weighted by atomic mass is 9.71. The van der Waals surface area contributed by atoms with Crippen molar-refractivity contribution in [3.8, 4) is 0 Å². The van der Waals surface area contributed by atoms with Gasteiger partial charge in [-0.3, -0.25) is 0 Å². The molecule has 0 radical (unpaired) electrons. The zero-order valence-electron chi connectivity index (χ0n) is 14.4. The van der Waals surface area contributed by atoms with Crippen molar-refractivity contribution in [2.75, 3.05) is 0 Å². The Bertz CT molecular complexity index is 816. The van der Waals surface area contributed by atoms with E-state index in [-0.39, 0.29) is 5.41 Å². The highest BCUT2D eigenvalue weighted by Crippen LogP contribution is 2.40. The molecule has 3 rings (SSSR count). The van der Waals surface area contributed by atoms with Crippen LogP contribution < -0.4 is 0 Å². The second-order valence-corrected chi connectivity index (χ2v) is 8.35. The smallest absolute Gasteiger partial charge is 0.00924 e. The first-order valence-corrected chi connectivity index (χ1v) is 8.18. The Hall–Kier alpha value is -1.82. The predicted molar refractivity (Wildman–Crippen MR) is 98.6 cm³/mol. The molecule has 3 aromatic carbocycles. The van der Waals surface area contributed by atoms with Crippen molar-refractivity contribution in [2.24, 2.45) is 5.41 Å². The molecule has 0 saturated heterocycles. The van der Waals surface area contributed by atoms with Crippen LogP contribution in [0.3, 0.4) is 0 Å². The molecule has 0 amide bonds. The van der Waals surface area contributed by atoms with Gasteiger partial charge >= 0.3 is 0 Å². The maximum Gasteiger partial charge on any atom is -0.00924 e. The fraction of sp³-hybridized carbons (Fsp3) is 0.364. The van der Waals surface area contributed by atoms with Crippen LogP contribution in [-0.2, 0) is 5.41 Å². The standard InChI is InChI=1S/C22H26/c1-21(2,3)15-22(4,5)20-12-8-11-18-13-16-9-6-7-10-17(16)14-19(18)20/h6-14H,15H2,1-5H3. The van der Waals surface area contributed by atoms with Gasteiger partial charge in [-0.05, 0) is 56.5 Å². The van der Waals surface area contributed by atoms with Crippen LogP contribution in [0.4, 0.5) is 0 Å². The lowest BCUT2D eigenvalue weighted by molar-refractivity contribution is 0.285. The molecule has 0 aliphatic heterocycles. The SMILES string of the molecule is CC(C)(C)CC(C)(C)c1cccc2cc3ccccc3cc12. The van der Waals surface area contributed by atoms with Crippen LogP contribution in [0.5, 0.6) is 0 Å². The zero-order valence-corrected chi connectivity index (χ0v) is 14.4. The van der Waals surface area contributed by atoms with Crippen LogP contribution in [0, 0.1) is 5.41 Å². The van der Waals surface area contributed by atoms with Crippen molar-refractivity contribution in [3.63, 3.8) is 0 Å². The minimum Gasteiger partial charge on any atom is -0.0616 e. The highest BCUT2D eigenvalue weighted by molar-refractivity contribution is 5.99. The summed E-state index contributed by atoms with van der Waals surface area (Å²) < 4.78 is 0. The number of fused-ring (bicyclic) bond motifs is 2. The molecule has 0 aromatic heterocycles. The number of hydrogen-bond acceptors (Lipinski definition) is 0. The van der Waals surface area contributed by atoms with E-state index >= 15 is 0 Å². The summed E-state index contributed by atoms with van der Waals surface area (Å²) in [6.45, 7) is 11.7. The van der Waals surface area contributed by atoms with Gasteiger partial charge in [0, 0.05) is 0 Å². The normalized spacial score (nSPS) is 13.0. The van der Waals surface area contributed by atoms with E-state index < -0.39 is 0 Å². The van der Waals surface area contributed by atoms with Crippen LogP contribution in [0.2, 0.25) is 0 Å². The summed E-state index contributed by atoms with van der Waals surface area (Å²) in [5, 5.41) is 5.39. The van der Waals surface area contributed by atoms with Gasteiger partial charge in [0.25, 0.3) is 0 Å². The van der Waals surface area contributed by atoms with Gasteiger partial charge in [0.15, 0.2) is 0 Å². The molecular weight excluding hydrogens is 264 g/mol. The fourth-order valence-electron chi connectivity index (χ4n) is 3.98. The van der Waals surface area contributed by atoms with Gasteiger partial charge in [0.2, 0.25) is 0 Å². The minimum atomic E-state index is 0.167. The molecule has 0 aliphatic rings. The Morgan fingerprint density at radius 3 is 1.91 bits per heavy atom. The third-order valence-electron chi connectivity index (χ3n) is 4.45. The van der Waals surface area contributed by atoms with E-state index in [1.807, 2.05) is 0 Å². The van der Waals surface area contributed by atoms with E-state index in [1.165, 1.54) is 33.5 Å². The van der Waals surface area contributed by atoms with Crippen molar-refractivity contribution in [1.82, 2.24) is 0 Å². The molecule has 0 nitrogen and oxygen atoms in total. The predicted octanol–water partition coefficient (Wildman–Crippen LogP) is 6.71. The Labute approximate surface area is 134 Å². The average Bonchev–Trinajstić information content (AvgIpc) is 2.41. The molecule has 0 heteroatoms. The average molecular weight is 290 g/mol. The van der Waals surface area contributed by atoms with Crippen molar-refractivity contribution < 1.29 is 0 Å². The molecule has 114 valence electrons. The summed E-state index contributed by atoms with van der Waals surface area (Å²) in [6, 6.07) is 20.1. The molecule has 0 spiro atoms. The van der Waals surface area contributed by atoms with Crippen molar-refractivity contribution in [2.45, 2.75) is 46.5 Å². The third kappa shape index (κ3) is 2.88. The monoisotopic (exact) mass is 290 g/mol. The Morgan fingerprint density at radius 2 is 1.27 bits per heavy atom. The van der Waals surface area contributed by atoms with Gasteiger partial charge in [0.1, 0.15) is 0 Å². The largest absolute Gasteiger partial charge is 0.0616 e. The summed E-state index contributed by atoms with van der Waals surface area (Å²) >= 11 is 0. The van der Waals surface area contributed by atoms with Crippen LogP contribution in [0.1, 0.15) is 46.6 Å². The Kier molecular flexibility index (Phi) is 3.51. The van der Waals surface area contributed by atoms with E-state index in [4.69, 9.17) is 0 Å². The molecule has 0 bridgehead atoms. The first kappa shape index (κ1) is 15.1. The molecule has 0 fully saturated rings. The van der Waals surface area contributed by atoms with Crippen LogP contribution in [-0.4, -0.2) is 0 Å². The van der Waals surface area contributed by atoms with Crippen LogP contribution in [0.25, 0.3) is 21.5 Å². The Balaban J connectivity index is 2.23. The zero-order chi connectivity index (χ0) is 16.0. The van der Waals surface area contributed by atoms with E-state index in [1.54, 1.807) is 0 Å². The first-order chi connectivity index (χ1) is 10.3. The van der Waals surface area contributed by atoms with Crippen molar-refractivity contribution >= 4 is 21.5 Å². The fourth-order valence-corrected chi connectivity index (χ4v) is 3.98. The van der Waals surface area contributed by atoms with Gasteiger partial charge in [-0.25, -0.2) is 0 Å². The molecule has 0 saturated carbocycles. The lowest BCUT2D eigenvalue weighted by Crippen LogP contribution is -2.25. The van der Waals surface area contributed by atoms with Gasteiger partial charge in [-0.1, -0.05) is 77.1 Å². The summed E-state index contributed by atoms with van der Waals surface area (Å²) in [5.74, 6) is 0. The van der Waals surface area contributed by atoms with Gasteiger partial charge in [0.05, 0.1) is 0 Å². The van der Waals surface area contributed by atoms with E-state index in [9.17, 15) is 0 Å². The minimum absolute atomic E-state index is 0.167. The molecule has 3 aromatic rings. The maximum atomic E-state index is 2.38. The van der Waals surface area contributed by atoms with Crippen molar-refractivity contribution in [3.05, 3.63) is 60.2 Å². The van der Waals surface area contributed by atoms with Crippen LogP contribution in [0.15, 0.2) is 54.6 Å². The highest BCUT2D eigenvalue weighted by Gasteiger charge is 2.28. The summed E-state index contributed by atoms with van der Waals surface area (Å²) in [6.07, 6.45) is 1.17. The second kappa shape index (κ2) is 5.12. The van der Waals surface area contributed by atoms with Gasteiger partial charge in [-0.2, -0.15) is 0 Å². The maximum absolute atomic E-state index is 2.38. The molecular formula is C22H26. The topological polar surface area (TPSA) is 0 Å². The highest BCUT2D eigenvalue weighted by atomic mass is 14.3. The summed E-state index contributed by atoms with van der Waals surface area (Å²) in [7, 11) is 0. The lowest BCUT2D eigenvalue weighted by Gasteiger charge is -2.34. The van der Waals surface area contributed by atoms with E-state index in [2.05, 4.69) is 89.2 Å². The van der Waals surface area contributed by atoms with Gasteiger partial charge in [-0.15, -0.1) is 0 Å². The molecule has 0 N–H and O–H groups in total. The quantitative estimate of drug-likeness (QED) is 0.460. The third-order valence-corrected chi connectivity index (χ3v) is 4.45. The number of rotatable bonds is 2. The van der Waals surface area contributed by atoms with Crippen LogP contribution >= 0.6 is 0 Å². The van der Waals surface area contributed by atoms with Crippen molar-refractivity contribution in [1.29, 1.82) is 0 Å². The van der Waals surface area contributed by atoms with E-state index in [0.717, 1.165) is 0 Å². The molecule has 22 heavy (non-hydrogen) atoms. The summed E-state index contributed by atoms with van der Waals surface area (Å²) in [5.41, 5.74) is 1.95. The number of hydrogen-bond donors (Lipinski definition) is 0. The molecule has 0 atom stereocenters. The molecule has 0 heterocycles. The molecule has 0 aliphatic carbocycles. The first-order valence-electron chi connectivity index (χ1n) is 8.18. The second-order valence-electron chi connectivity index (χ2n) is 8.35. The summed E-state index contributed by atoms with van der Waals surface area (Å²) in [4.78, 5) is 0.